The Morgan fingerprint density at radius 3 is 2.44 bits per heavy atom. The molecule has 1 unspecified atom stereocenters. The van der Waals surface area contributed by atoms with Crippen molar-refractivity contribution in [1.82, 2.24) is 10.2 Å². The summed E-state index contributed by atoms with van der Waals surface area (Å²) in [5, 5.41) is 2.53. The van der Waals surface area contributed by atoms with E-state index in [9.17, 15) is 18.4 Å². The summed E-state index contributed by atoms with van der Waals surface area (Å²) in [7, 11) is 0. The van der Waals surface area contributed by atoms with E-state index in [-0.39, 0.29) is 5.91 Å². The van der Waals surface area contributed by atoms with E-state index >= 15 is 0 Å². The number of halogens is 2. The third kappa shape index (κ3) is 2.31. The SMILES string of the molecule is CCC1C(=O)NC(C)(C)C(=O)N1CC(F)F. The first-order valence-electron chi connectivity index (χ1n) is 5.20. The van der Waals surface area contributed by atoms with Gasteiger partial charge in [-0.3, -0.25) is 9.59 Å². The molecule has 0 aliphatic carbocycles. The van der Waals surface area contributed by atoms with Crippen molar-refractivity contribution in [3.63, 3.8) is 0 Å². The molecule has 1 fully saturated rings. The molecular weight excluding hydrogens is 218 g/mol. The minimum absolute atomic E-state index is 0.334. The Balaban J connectivity index is 2.96. The maximum atomic E-state index is 12.4. The van der Waals surface area contributed by atoms with E-state index in [0.717, 1.165) is 4.90 Å². The van der Waals surface area contributed by atoms with Gasteiger partial charge in [-0.15, -0.1) is 0 Å². The number of piperazine rings is 1. The van der Waals surface area contributed by atoms with Crippen LogP contribution in [0.1, 0.15) is 27.2 Å². The molecule has 4 nitrogen and oxygen atoms in total. The van der Waals surface area contributed by atoms with Crippen molar-refractivity contribution >= 4 is 11.8 Å². The molecule has 1 aliphatic heterocycles. The van der Waals surface area contributed by atoms with Gasteiger partial charge in [-0.1, -0.05) is 6.92 Å². The lowest BCUT2D eigenvalue weighted by atomic mass is 9.96. The molecular formula is C10H16F2N2O2. The summed E-state index contributed by atoms with van der Waals surface area (Å²) in [5.74, 6) is -0.827. The van der Waals surface area contributed by atoms with Gasteiger partial charge in [0.05, 0.1) is 6.54 Å². The normalized spacial score (nSPS) is 24.9. The fraction of sp³-hybridized carbons (Fsp3) is 0.800. The van der Waals surface area contributed by atoms with E-state index in [1.807, 2.05) is 0 Å². The van der Waals surface area contributed by atoms with E-state index in [1.54, 1.807) is 6.92 Å². The van der Waals surface area contributed by atoms with Crippen molar-refractivity contribution in [3.8, 4) is 0 Å². The van der Waals surface area contributed by atoms with Crippen LogP contribution in [0.2, 0.25) is 0 Å². The summed E-state index contributed by atoms with van der Waals surface area (Å²) in [6, 6.07) is -0.783. The smallest absolute Gasteiger partial charge is 0.255 e. The number of nitrogens with zero attached hydrogens (tertiary/aromatic N) is 1. The van der Waals surface area contributed by atoms with Crippen molar-refractivity contribution in [2.45, 2.75) is 45.2 Å². The summed E-state index contributed by atoms with van der Waals surface area (Å²) in [5.41, 5.74) is -1.10. The van der Waals surface area contributed by atoms with Crippen LogP contribution in [-0.2, 0) is 9.59 Å². The van der Waals surface area contributed by atoms with Crippen LogP contribution in [0, 0.1) is 0 Å². The van der Waals surface area contributed by atoms with Crippen molar-refractivity contribution in [2.75, 3.05) is 6.54 Å². The molecule has 16 heavy (non-hydrogen) atoms. The third-order valence-electron chi connectivity index (χ3n) is 2.63. The maximum Gasteiger partial charge on any atom is 0.255 e. The molecule has 0 spiro atoms. The number of amides is 2. The van der Waals surface area contributed by atoms with Gasteiger partial charge >= 0.3 is 0 Å². The van der Waals surface area contributed by atoms with E-state index in [4.69, 9.17) is 0 Å². The van der Waals surface area contributed by atoms with Crippen LogP contribution in [0.25, 0.3) is 0 Å². The van der Waals surface area contributed by atoms with E-state index in [2.05, 4.69) is 5.32 Å². The first-order chi connectivity index (χ1) is 7.29. The molecule has 0 aromatic carbocycles. The van der Waals surface area contributed by atoms with Crippen LogP contribution in [0.5, 0.6) is 0 Å². The number of alkyl halides is 2. The highest BCUT2D eigenvalue weighted by Gasteiger charge is 2.45. The average Bonchev–Trinajstić information content (AvgIpc) is 2.13. The quantitative estimate of drug-likeness (QED) is 0.784. The number of hydrogen-bond acceptors (Lipinski definition) is 2. The number of carbonyl (C=O) groups is 2. The highest BCUT2D eigenvalue weighted by molar-refractivity contribution is 5.99. The second kappa shape index (κ2) is 4.35. The number of hydrogen-bond donors (Lipinski definition) is 1. The molecule has 0 aromatic heterocycles. The molecule has 6 heteroatoms. The molecule has 1 N–H and O–H groups in total. The van der Waals surface area contributed by atoms with Gasteiger partial charge in [0.1, 0.15) is 11.6 Å². The zero-order valence-corrected chi connectivity index (χ0v) is 9.59. The monoisotopic (exact) mass is 234 g/mol. The molecule has 92 valence electrons. The Labute approximate surface area is 93.0 Å². The molecule has 0 saturated carbocycles. The Morgan fingerprint density at radius 1 is 1.44 bits per heavy atom. The van der Waals surface area contributed by atoms with Crippen molar-refractivity contribution in [2.24, 2.45) is 0 Å². The van der Waals surface area contributed by atoms with Gasteiger partial charge in [0, 0.05) is 0 Å². The summed E-state index contributed by atoms with van der Waals surface area (Å²) >= 11 is 0. The van der Waals surface area contributed by atoms with E-state index in [0.29, 0.717) is 6.42 Å². The minimum Gasteiger partial charge on any atom is -0.340 e. The van der Waals surface area contributed by atoms with Crippen molar-refractivity contribution in [1.29, 1.82) is 0 Å². The third-order valence-corrected chi connectivity index (χ3v) is 2.63. The summed E-state index contributed by atoms with van der Waals surface area (Å²) in [6.45, 7) is 4.03. The summed E-state index contributed by atoms with van der Waals surface area (Å²) in [6.07, 6.45) is -2.29. The summed E-state index contributed by atoms with van der Waals surface area (Å²) < 4.78 is 24.7. The Morgan fingerprint density at radius 2 is 2.00 bits per heavy atom. The highest BCUT2D eigenvalue weighted by atomic mass is 19.3. The average molecular weight is 234 g/mol. The fourth-order valence-electron chi connectivity index (χ4n) is 1.85. The Kier molecular flexibility index (Phi) is 3.50. The van der Waals surface area contributed by atoms with E-state index < -0.39 is 30.5 Å². The first-order valence-corrected chi connectivity index (χ1v) is 5.20. The van der Waals surface area contributed by atoms with Crippen LogP contribution in [0.3, 0.4) is 0 Å². The highest BCUT2D eigenvalue weighted by Crippen LogP contribution is 2.20. The standard InChI is InChI=1S/C10H16F2N2O2/c1-4-6-8(15)13-10(2,3)9(16)14(6)5-7(11)12/h6-7H,4-5H2,1-3H3,(H,13,15). The fourth-order valence-corrected chi connectivity index (χ4v) is 1.85. The molecule has 1 heterocycles. The van der Waals surface area contributed by atoms with Crippen LogP contribution in [0.4, 0.5) is 8.78 Å². The van der Waals surface area contributed by atoms with Gasteiger partial charge in [-0.05, 0) is 20.3 Å². The first kappa shape index (κ1) is 12.9. The van der Waals surface area contributed by atoms with Crippen LogP contribution >= 0.6 is 0 Å². The lowest BCUT2D eigenvalue weighted by Crippen LogP contribution is -2.68. The predicted molar refractivity (Wildman–Crippen MR) is 54.0 cm³/mol. The maximum absolute atomic E-state index is 12.4. The van der Waals surface area contributed by atoms with Crippen LogP contribution < -0.4 is 5.32 Å². The second-order valence-corrected chi connectivity index (χ2v) is 4.39. The number of rotatable bonds is 3. The van der Waals surface area contributed by atoms with Crippen LogP contribution in [-0.4, -0.2) is 41.3 Å². The van der Waals surface area contributed by atoms with Gasteiger partial charge in [-0.2, -0.15) is 0 Å². The molecule has 1 aliphatic rings. The predicted octanol–water partition coefficient (Wildman–Crippen LogP) is 0.767. The molecule has 0 radical (unpaired) electrons. The molecule has 1 rings (SSSR count). The largest absolute Gasteiger partial charge is 0.340 e. The molecule has 2 amide bonds. The lowest BCUT2D eigenvalue weighted by molar-refractivity contribution is -0.155. The molecule has 0 bridgehead atoms. The summed E-state index contributed by atoms with van der Waals surface area (Å²) in [4.78, 5) is 24.5. The van der Waals surface area contributed by atoms with Gasteiger partial charge in [-0.25, -0.2) is 8.78 Å². The Bertz CT molecular complexity index is 305. The molecule has 0 aromatic rings. The molecule has 1 saturated heterocycles. The van der Waals surface area contributed by atoms with Crippen molar-refractivity contribution in [3.05, 3.63) is 0 Å². The van der Waals surface area contributed by atoms with Crippen LogP contribution in [0.15, 0.2) is 0 Å². The van der Waals surface area contributed by atoms with Gasteiger partial charge < -0.3 is 10.2 Å². The van der Waals surface area contributed by atoms with Gasteiger partial charge in [0.25, 0.3) is 6.43 Å². The number of carbonyl (C=O) groups excluding carboxylic acids is 2. The van der Waals surface area contributed by atoms with Gasteiger partial charge in [0.15, 0.2) is 0 Å². The lowest BCUT2D eigenvalue weighted by Gasteiger charge is -2.42. The molecule has 1 atom stereocenters. The zero-order valence-electron chi connectivity index (χ0n) is 9.59. The Hall–Kier alpha value is -1.20. The van der Waals surface area contributed by atoms with E-state index in [1.165, 1.54) is 13.8 Å². The van der Waals surface area contributed by atoms with Crippen molar-refractivity contribution < 1.29 is 18.4 Å². The van der Waals surface area contributed by atoms with Gasteiger partial charge in [0.2, 0.25) is 11.8 Å². The number of nitrogens with one attached hydrogen (secondary N) is 1. The second-order valence-electron chi connectivity index (χ2n) is 4.39. The minimum atomic E-state index is -2.63. The topological polar surface area (TPSA) is 49.4 Å². The zero-order chi connectivity index (χ0) is 12.5.